The van der Waals surface area contributed by atoms with E-state index in [1.54, 1.807) is 6.08 Å². The van der Waals surface area contributed by atoms with Crippen molar-refractivity contribution in [3.05, 3.63) is 23.8 Å². The predicted octanol–water partition coefficient (Wildman–Crippen LogP) is 2.79. The van der Waals surface area contributed by atoms with Crippen LogP contribution < -0.4 is 0 Å². The maximum Gasteiger partial charge on any atom is 0.306 e. The molecule has 4 nitrogen and oxygen atoms in total. The first-order chi connectivity index (χ1) is 8.56. The van der Waals surface area contributed by atoms with E-state index in [2.05, 4.69) is 0 Å². The molecule has 0 heterocycles. The molecule has 0 radical (unpaired) electrons. The number of hydrogen-bond acceptors (Lipinski definition) is 4. The number of hydrogen-bond donors (Lipinski definition) is 0. The second-order valence-electron chi connectivity index (χ2n) is 4.07. The van der Waals surface area contributed by atoms with Crippen molar-refractivity contribution in [2.45, 2.75) is 40.0 Å². The first-order valence-electron chi connectivity index (χ1n) is 6.12. The van der Waals surface area contributed by atoms with Gasteiger partial charge in [0.15, 0.2) is 0 Å². The second kappa shape index (κ2) is 10.6. The van der Waals surface area contributed by atoms with Gasteiger partial charge in [0.2, 0.25) is 0 Å². The van der Waals surface area contributed by atoms with Crippen LogP contribution in [0.4, 0.5) is 0 Å². The highest BCUT2D eigenvalue weighted by Gasteiger charge is 2.06. The molecule has 0 spiro atoms. The Labute approximate surface area is 109 Å². The van der Waals surface area contributed by atoms with Crippen LogP contribution in [0.2, 0.25) is 0 Å². The topological polar surface area (TPSA) is 52.6 Å². The highest BCUT2D eigenvalue weighted by Crippen LogP contribution is 2.00. The lowest BCUT2D eigenvalue weighted by atomic mass is 10.2. The van der Waals surface area contributed by atoms with Crippen molar-refractivity contribution in [3.8, 4) is 0 Å². The minimum absolute atomic E-state index is 0.245. The zero-order valence-corrected chi connectivity index (χ0v) is 11.4. The molecule has 0 aromatic rings. The summed E-state index contributed by atoms with van der Waals surface area (Å²) in [6.45, 7) is 6.33. The number of carbonyl (C=O) groups excluding carboxylic acids is 2. The van der Waals surface area contributed by atoms with Gasteiger partial charge in [0.05, 0.1) is 0 Å². The summed E-state index contributed by atoms with van der Waals surface area (Å²) in [7, 11) is 0. The molecule has 0 N–H and O–H groups in total. The molecule has 18 heavy (non-hydrogen) atoms. The molecule has 0 fully saturated rings. The molecule has 0 amide bonds. The largest absolute Gasteiger partial charge is 0.461 e. The lowest BCUT2D eigenvalue weighted by Crippen LogP contribution is -2.08. The third-order valence-corrected chi connectivity index (χ3v) is 2.07. The smallest absolute Gasteiger partial charge is 0.306 e. The van der Waals surface area contributed by atoms with E-state index in [4.69, 9.17) is 9.47 Å². The molecule has 0 unspecified atom stereocenters. The summed E-state index contributed by atoms with van der Waals surface area (Å²) >= 11 is 0. The molecule has 0 atom stereocenters. The number of rotatable bonds is 8. The van der Waals surface area contributed by atoms with Crippen molar-refractivity contribution in [2.24, 2.45) is 0 Å². The van der Waals surface area contributed by atoms with E-state index >= 15 is 0 Å². The van der Waals surface area contributed by atoms with Gasteiger partial charge in [-0.1, -0.05) is 17.7 Å². The van der Waals surface area contributed by atoms with Crippen LogP contribution >= 0.6 is 0 Å². The summed E-state index contributed by atoms with van der Waals surface area (Å²) in [6.07, 6.45) is 6.36. The van der Waals surface area contributed by atoms with Gasteiger partial charge in [-0.3, -0.25) is 9.59 Å². The summed E-state index contributed by atoms with van der Waals surface area (Å²) < 4.78 is 9.84. The van der Waals surface area contributed by atoms with Crippen molar-refractivity contribution >= 4 is 11.9 Å². The molecular weight excluding hydrogens is 232 g/mol. The van der Waals surface area contributed by atoms with E-state index in [1.165, 1.54) is 0 Å². The van der Waals surface area contributed by atoms with Crippen LogP contribution in [0.15, 0.2) is 23.8 Å². The molecular formula is C14H22O4. The average molecular weight is 254 g/mol. The Morgan fingerprint density at radius 1 is 1.00 bits per heavy atom. The molecule has 0 rings (SSSR count). The van der Waals surface area contributed by atoms with Gasteiger partial charge in [-0.15, -0.1) is 0 Å². The zero-order valence-electron chi connectivity index (χ0n) is 11.4. The fraction of sp³-hybridized carbons (Fsp3) is 0.571. The normalized spacial score (nSPS) is 10.2. The van der Waals surface area contributed by atoms with Gasteiger partial charge < -0.3 is 9.47 Å². The third-order valence-electron chi connectivity index (χ3n) is 2.07. The van der Waals surface area contributed by atoms with Gasteiger partial charge in [-0.25, -0.2) is 0 Å². The Balaban J connectivity index is 3.55. The van der Waals surface area contributed by atoms with Crippen molar-refractivity contribution in [3.63, 3.8) is 0 Å². The molecule has 0 bridgehead atoms. The lowest BCUT2D eigenvalue weighted by Gasteiger charge is -2.03. The quantitative estimate of drug-likeness (QED) is 0.493. The van der Waals surface area contributed by atoms with Gasteiger partial charge in [0.25, 0.3) is 0 Å². The fourth-order valence-corrected chi connectivity index (χ4v) is 1.06. The monoisotopic (exact) mass is 254 g/mol. The lowest BCUT2D eigenvalue weighted by molar-refractivity contribution is -0.144. The van der Waals surface area contributed by atoms with Gasteiger partial charge >= 0.3 is 11.9 Å². The summed E-state index contributed by atoms with van der Waals surface area (Å²) in [5.74, 6) is -0.570. The van der Waals surface area contributed by atoms with E-state index in [1.807, 2.05) is 32.9 Å². The van der Waals surface area contributed by atoms with Crippen LogP contribution in [0.3, 0.4) is 0 Å². The minimum Gasteiger partial charge on any atom is -0.461 e. The molecule has 102 valence electrons. The first-order valence-corrected chi connectivity index (χ1v) is 6.12. The Bertz CT molecular complexity index is 312. The minimum atomic E-state index is -0.287. The summed E-state index contributed by atoms with van der Waals surface area (Å²) in [5, 5.41) is 0. The number of esters is 2. The maximum atomic E-state index is 11.3. The summed E-state index contributed by atoms with van der Waals surface area (Å²) in [6, 6.07) is 0. The summed E-state index contributed by atoms with van der Waals surface area (Å²) in [4.78, 5) is 22.4. The van der Waals surface area contributed by atoms with Crippen molar-refractivity contribution in [1.82, 2.24) is 0 Å². The van der Waals surface area contributed by atoms with Crippen molar-refractivity contribution < 1.29 is 19.1 Å². The third kappa shape index (κ3) is 10.9. The van der Waals surface area contributed by atoms with Crippen LogP contribution in [-0.2, 0) is 19.1 Å². The van der Waals surface area contributed by atoms with E-state index in [0.717, 1.165) is 5.57 Å². The molecule has 0 aliphatic heterocycles. The molecule has 0 saturated carbocycles. The molecule has 0 aromatic heterocycles. The van der Waals surface area contributed by atoms with Gasteiger partial charge in [-0.2, -0.15) is 0 Å². The van der Waals surface area contributed by atoms with E-state index in [0.29, 0.717) is 19.6 Å². The van der Waals surface area contributed by atoms with Crippen LogP contribution in [0.25, 0.3) is 0 Å². The molecule has 0 aliphatic rings. The van der Waals surface area contributed by atoms with Gasteiger partial charge in [0.1, 0.15) is 13.2 Å². The number of carbonyl (C=O) groups is 2. The molecule has 0 aliphatic carbocycles. The maximum absolute atomic E-state index is 11.3. The van der Waals surface area contributed by atoms with E-state index in [-0.39, 0.29) is 24.8 Å². The first kappa shape index (κ1) is 16.4. The summed E-state index contributed by atoms with van der Waals surface area (Å²) in [5.41, 5.74) is 1.11. The standard InChI is InChI=1S/C14H22O4/c1-4-5-10-17-13(15)7-6-8-14(16)18-11-9-12(2)3/h4-5,9H,6-8,10-11H2,1-3H3/b5-4+. The Morgan fingerprint density at radius 2 is 1.56 bits per heavy atom. The average Bonchev–Trinajstić information content (AvgIpc) is 2.29. The zero-order chi connectivity index (χ0) is 13.8. The van der Waals surface area contributed by atoms with Crippen LogP contribution in [-0.4, -0.2) is 25.2 Å². The van der Waals surface area contributed by atoms with E-state index < -0.39 is 0 Å². The van der Waals surface area contributed by atoms with Gasteiger partial charge in [-0.05, 0) is 33.3 Å². The highest BCUT2D eigenvalue weighted by atomic mass is 16.5. The SMILES string of the molecule is C/C=C/COC(=O)CCCC(=O)OCC=C(C)C. The van der Waals surface area contributed by atoms with Crippen molar-refractivity contribution in [2.75, 3.05) is 13.2 Å². The highest BCUT2D eigenvalue weighted by molar-refractivity contribution is 5.72. The Hall–Kier alpha value is -1.58. The Morgan fingerprint density at radius 3 is 2.06 bits per heavy atom. The number of ether oxygens (including phenoxy) is 2. The van der Waals surface area contributed by atoms with Crippen LogP contribution in [0.5, 0.6) is 0 Å². The van der Waals surface area contributed by atoms with Crippen LogP contribution in [0.1, 0.15) is 40.0 Å². The molecule has 0 saturated heterocycles. The van der Waals surface area contributed by atoms with E-state index in [9.17, 15) is 9.59 Å². The van der Waals surface area contributed by atoms with Crippen LogP contribution in [0, 0.1) is 0 Å². The molecule has 0 aromatic carbocycles. The van der Waals surface area contributed by atoms with Gasteiger partial charge in [0, 0.05) is 12.8 Å². The fourth-order valence-electron chi connectivity index (χ4n) is 1.06. The molecule has 4 heteroatoms. The second-order valence-corrected chi connectivity index (χ2v) is 4.07. The predicted molar refractivity (Wildman–Crippen MR) is 70.0 cm³/mol. The number of allylic oxidation sites excluding steroid dienone is 2. The van der Waals surface area contributed by atoms with Crippen molar-refractivity contribution in [1.29, 1.82) is 0 Å². The Kier molecular flexibility index (Phi) is 9.64.